The van der Waals surface area contributed by atoms with Gasteiger partial charge in [0.15, 0.2) is 0 Å². The molecule has 3 nitrogen and oxygen atoms in total. The van der Waals surface area contributed by atoms with Crippen molar-refractivity contribution < 1.29 is 9.53 Å². The third-order valence-corrected chi connectivity index (χ3v) is 3.08. The second-order valence-electron chi connectivity index (χ2n) is 4.18. The average Bonchev–Trinajstić information content (AvgIpc) is 2.55. The number of cyclic esters (lactones) is 1. The van der Waals surface area contributed by atoms with Crippen LogP contribution in [-0.2, 0) is 11.3 Å². The number of amides is 1. The highest BCUT2D eigenvalue weighted by atomic mass is 16.6. The van der Waals surface area contributed by atoms with Gasteiger partial charge in [-0.05, 0) is 18.9 Å². The average molecular weight is 219 g/mol. The van der Waals surface area contributed by atoms with Crippen LogP contribution in [-0.4, -0.2) is 23.1 Å². The summed E-state index contributed by atoms with van der Waals surface area (Å²) in [5, 5.41) is 0. The van der Waals surface area contributed by atoms with E-state index in [0.717, 1.165) is 12.0 Å². The Morgan fingerprint density at radius 3 is 2.62 bits per heavy atom. The van der Waals surface area contributed by atoms with Crippen molar-refractivity contribution in [2.24, 2.45) is 0 Å². The normalized spacial score (nSPS) is 24.6. The van der Waals surface area contributed by atoms with Gasteiger partial charge in [-0.1, -0.05) is 37.3 Å². The van der Waals surface area contributed by atoms with Crippen LogP contribution in [0.15, 0.2) is 30.3 Å². The van der Waals surface area contributed by atoms with Gasteiger partial charge in [-0.2, -0.15) is 0 Å². The Kier molecular flexibility index (Phi) is 3.13. The Balaban J connectivity index is 2.11. The van der Waals surface area contributed by atoms with Crippen LogP contribution >= 0.6 is 0 Å². The van der Waals surface area contributed by atoms with E-state index in [2.05, 4.69) is 6.92 Å². The summed E-state index contributed by atoms with van der Waals surface area (Å²) in [7, 11) is 0. The lowest BCUT2D eigenvalue weighted by atomic mass is 10.1. The molecule has 1 saturated heterocycles. The molecule has 0 aromatic heterocycles. The Labute approximate surface area is 96.0 Å². The minimum atomic E-state index is -0.191. The van der Waals surface area contributed by atoms with Crippen LogP contribution in [0, 0.1) is 0 Å². The molecule has 0 unspecified atom stereocenters. The molecule has 0 aliphatic carbocycles. The molecule has 1 fully saturated rings. The zero-order valence-electron chi connectivity index (χ0n) is 9.72. The second-order valence-corrected chi connectivity index (χ2v) is 4.18. The summed E-state index contributed by atoms with van der Waals surface area (Å²) in [6.45, 7) is 4.68. The number of hydrogen-bond donors (Lipinski definition) is 0. The summed E-state index contributed by atoms with van der Waals surface area (Å²) < 4.78 is 5.24. The van der Waals surface area contributed by atoms with Crippen LogP contribution in [0.5, 0.6) is 0 Å². The topological polar surface area (TPSA) is 29.5 Å². The van der Waals surface area contributed by atoms with Crippen molar-refractivity contribution in [1.82, 2.24) is 4.90 Å². The van der Waals surface area contributed by atoms with Gasteiger partial charge in [-0.15, -0.1) is 0 Å². The van der Waals surface area contributed by atoms with Crippen LogP contribution in [0.3, 0.4) is 0 Å². The molecule has 0 N–H and O–H groups in total. The Morgan fingerprint density at radius 1 is 1.31 bits per heavy atom. The second kappa shape index (κ2) is 4.56. The summed E-state index contributed by atoms with van der Waals surface area (Å²) in [5.74, 6) is 0. The number of nitrogens with zero attached hydrogens (tertiary/aromatic N) is 1. The first-order chi connectivity index (χ1) is 7.72. The number of carbonyl (C=O) groups excluding carboxylic acids is 1. The largest absolute Gasteiger partial charge is 0.444 e. The van der Waals surface area contributed by atoms with Gasteiger partial charge >= 0.3 is 6.09 Å². The van der Waals surface area contributed by atoms with Crippen LogP contribution in [0.1, 0.15) is 25.8 Å². The lowest BCUT2D eigenvalue weighted by Gasteiger charge is -2.21. The van der Waals surface area contributed by atoms with E-state index in [4.69, 9.17) is 4.74 Å². The molecule has 0 spiro atoms. The van der Waals surface area contributed by atoms with Gasteiger partial charge in [0.2, 0.25) is 0 Å². The number of ether oxygens (including phenoxy) is 1. The maximum Gasteiger partial charge on any atom is 0.410 e. The molecule has 0 saturated carbocycles. The third-order valence-electron chi connectivity index (χ3n) is 3.08. The van der Waals surface area contributed by atoms with Crippen molar-refractivity contribution in [2.75, 3.05) is 0 Å². The number of hydrogen-bond acceptors (Lipinski definition) is 2. The summed E-state index contributed by atoms with van der Waals surface area (Å²) in [5.41, 5.74) is 1.15. The molecular formula is C13H17NO2. The predicted molar refractivity (Wildman–Crippen MR) is 62.0 cm³/mol. The van der Waals surface area contributed by atoms with E-state index < -0.39 is 0 Å². The highest BCUT2D eigenvalue weighted by Gasteiger charge is 2.37. The van der Waals surface area contributed by atoms with Gasteiger partial charge in [-0.3, -0.25) is 4.90 Å². The highest BCUT2D eigenvalue weighted by Crippen LogP contribution is 2.23. The van der Waals surface area contributed by atoms with E-state index in [1.54, 1.807) is 0 Å². The first kappa shape index (κ1) is 11.0. The monoisotopic (exact) mass is 219 g/mol. The fraction of sp³-hybridized carbons (Fsp3) is 0.462. The minimum absolute atomic E-state index is 0.00112. The molecule has 0 bridgehead atoms. The molecular weight excluding hydrogens is 202 g/mol. The molecule has 2 atom stereocenters. The van der Waals surface area contributed by atoms with E-state index >= 15 is 0 Å². The van der Waals surface area contributed by atoms with Crippen LogP contribution in [0.2, 0.25) is 0 Å². The van der Waals surface area contributed by atoms with E-state index in [0.29, 0.717) is 6.54 Å². The Hall–Kier alpha value is -1.51. The van der Waals surface area contributed by atoms with E-state index in [9.17, 15) is 4.79 Å². The van der Waals surface area contributed by atoms with Gasteiger partial charge in [0.25, 0.3) is 0 Å². The number of rotatable bonds is 3. The van der Waals surface area contributed by atoms with Gasteiger partial charge in [0.05, 0.1) is 6.04 Å². The molecule has 1 heterocycles. The SMILES string of the molecule is CC[C@H]1[C@@H](C)OC(=O)N1Cc1ccccc1. The number of benzene rings is 1. The minimum Gasteiger partial charge on any atom is -0.444 e. The van der Waals surface area contributed by atoms with E-state index in [1.807, 2.05) is 42.2 Å². The zero-order valence-corrected chi connectivity index (χ0v) is 9.72. The van der Waals surface area contributed by atoms with E-state index in [-0.39, 0.29) is 18.2 Å². The molecule has 1 aliphatic heterocycles. The van der Waals surface area contributed by atoms with Crippen LogP contribution < -0.4 is 0 Å². The summed E-state index contributed by atoms with van der Waals surface area (Å²) in [6, 6.07) is 10.2. The van der Waals surface area contributed by atoms with Crippen LogP contribution in [0.25, 0.3) is 0 Å². The lowest BCUT2D eigenvalue weighted by molar-refractivity contribution is 0.136. The van der Waals surface area contributed by atoms with Crippen molar-refractivity contribution in [3.05, 3.63) is 35.9 Å². The summed E-state index contributed by atoms with van der Waals surface area (Å²) >= 11 is 0. The highest BCUT2D eigenvalue weighted by molar-refractivity contribution is 5.70. The predicted octanol–water partition coefficient (Wildman–Crippen LogP) is 2.81. The maximum atomic E-state index is 11.7. The molecule has 1 aromatic rings. The zero-order chi connectivity index (χ0) is 11.5. The first-order valence-corrected chi connectivity index (χ1v) is 5.73. The van der Waals surface area contributed by atoms with Gasteiger partial charge in [0.1, 0.15) is 6.10 Å². The fourth-order valence-electron chi connectivity index (χ4n) is 2.21. The first-order valence-electron chi connectivity index (χ1n) is 5.73. The van der Waals surface area contributed by atoms with E-state index in [1.165, 1.54) is 0 Å². The van der Waals surface area contributed by atoms with Crippen molar-refractivity contribution >= 4 is 6.09 Å². The van der Waals surface area contributed by atoms with Crippen molar-refractivity contribution in [1.29, 1.82) is 0 Å². The molecule has 2 rings (SSSR count). The third kappa shape index (κ3) is 2.03. The molecule has 1 aliphatic rings. The van der Waals surface area contributed by atoms with Crippen molar-refractivity contribution in [3.8, 4) is 0 Å². The van der Waals surface area contributed by atoms with Crippen molar-refractivity contribution in [2.45, 2.75) is 39.0 Å². The maximum absolute atomic E-state index is 11.7. The van der Waals surface area contributed by atoms with Crippen molar-refractivity contribution in [3.63, 3.8) is 0 Å². The molecule has 1 aromatic carbocycles. The smallest absolute Gasteiger partial charge is 0.410 e. The lowest BCUT2D eigenvalue weighted by Crippen LogP contribution is -2.34. The van der Waals surface area contributed by atoms with Gasteiger partial charge < -0.3 is 4.74 Å². The molecule has 1 amide bonds. The van der Waals surface area contributed by atoms with Gasteiger partial charge in [0, 0.05) is 6.54 Å². The summed E-state index contributed by atoms with van der Waals surface area (Å²) in [6.07, 6.45) is 0.740. The Bertz CT molecular complexity index is 363. The van der Waals surface area contributed by atoms with Gasteiger partial charge in [-0.25, -0.2) is 4.79 Å². The standard InChI is InChI=1S/C13H17NO2/c1-3-12-10(2)16-13(15)14(12)9-11-7-5-4-6-8-11/h4-8,10,12H,3,9H2,1-2H3/t10-,12+/m1/s1. The fourth-order valence-corrected chi connectivity index (χ4v) is 2.21. The Morgan fingerprint density at radius 2 is 2.00 bits per heavy atom. The van der Waals surface area contributed by atoms with Crippen LogP contribution in [0.4, 0.5) is 4.79 Å². The molecule has 16 heavy (non-hydrogen) atoms. The number of carbonyl (C=O) groups is 1. The molecule has 0 radical (unpaired) electrons. The quantitative estimate of drug-likeness (QED) is 0.782. The molecule has 3 heteroatoms. The summed E-state index contributed by atoms with van der Waals surface area (Å²) in [4.78, 5) is 13.5. The molecule has 86 valence electrons.